The molecule has 0 atom stereocenters. The molecule has 0 aliphatic rings. The number of Topliss-reactive ketones (excluding diaryl/α,β-unsaturated/α-hetero) is 1. The molecule has 0 spiro atoms. The number of aromatic nitrogens is 1. The molecule has 0 saturated heterocycles. The first kappa shape index (κ1) is 9.09. The van der Waals surface area contributed by atoms with E-state index in [1.54, 1.807) is 19.3 Å². The normalized spacial score (nSPS) is 10.1. The van der Waals surface area contributed by atoms with Gasteiger partial charge in [-0.15, -0.1) is 11.3 Å². The standard InChI is InChI=1S/C11H9NOS/c1-8(13)11-10(4-7-14-11)9-2-5-12-6-3-9/h2-7H,1H3. The average molecular weight is 203 g/mol. The zero-order valence-corrected chi connectivity index (χ0v) is 8.54. The Kier molecular flexibility index (Phi) is 2.41. The quantitative estimate of drug-likeness (QED) is 0.702. The summed E-state index contributed by atoms with van der Waals surface area (Å²) in [5.41, 5.74) is 2.05. The maximum absolute atomic E-state index is 11.3. The second kappa shape index (κ2) is 3.72. The van der Waals surface area contributed by atoms with Gasteiger partial charge in [-0.25, -0.2) is 0 Å². The van der Waals surface area contributed by atoms with Gasteiger partial charge in [-0.2, -0.15) is 0 Å². The van der Waals surface area contributed by atoms with Gasteiger partial charge >= 0.3 is 0 Å². The van der Waals surface area contributed by atoms with E-state index >= 15 is 0 Å². The minimum absolute atomic E-state index is 0.117. The van der Waals surface area contributed by atoms with Crippen molar-refractivity contribution in [2.45, 2.75) is 6.92 Å². The molecule has 2 aromatic heterocycles. The lowest BCUT2D eigenvalue weighted by Gasteiger charge is -1.99. The summed E-state index contributed by atoms with van der Waals surface area (Å²) in [6, 6.07) is 5.79. The van der Waals surface area contributed by atoms with E-state index in [-0.39, 0.29) is 5.78 Å². The monoisotopic (exact) mass is 203 g/mol. The Morgan fingerprint density at radius 2 is 2.00 bits per heavy atom. The third-order valence-electron chi connectivity index (χ3n) is 1.98. The summed E-state index contributed by atoms with van der Waals surface area (Å²) in [6.07, 6.45) is 3.47. The number of thiophene rings is 1. The van der Waals surface area contributed by atoms with E-state index in [0.717, 1.165) is 16.0 Å². The predicted octanol–water partition coefficient (Wildman–Crippen LogP) is 3.01. The highest BCUT2D eigenvalue weighted by Gasteiger charge is 2.09. The molecule has 0 N–H and O–H groups in total. The first-order valence-electron chi connectivity index (χ1n) is 4.28. The smallest absolute Gasteiger partial charge is 0.170 e. The van der Waals surface area contributed by atoms with Gasteiger partial charge in [0.15, 0.2) is 5.78 Å². The molecule has 14 heavy (non-hydrogen) atoms. The van der Waals surface area contributed by atoms with E-state index in [2.05, 4.69) is 4.98 Å². The highest BCUT2D eigenvalue weighted by molar-refractivity contribution is 7.12. The van der Waals surface area contributed by atoms with Crippen molar-refractivity contribution in [3.63, 3.8) is 0 Å². The fourth-order valence-corrected chi connectivity index (χ4v) is 2.16. The van der Waals surface area contributed by atoms with Crippen LogP contribution in [0, 0.1) is 0 Å². The molecule has 0 unspecified atom stereocenters. The molecule has 0 aromatic carbocycles. The van der Waals surface area contributed by atoms with Crippen LogP contribution in [-0.4, -0.2) is 10.8 Å². The Labute approximate surface area is 86.2 Å². The van der Waals surface area contributed by atoms with Crippen molar-refractivity contribution < 1.29 is 4.79 Å². The van der Waals surface area contributed by atoms with Crippen LogP contribution in [0.15, 0.2) is 36.0 Å². The molecule has 0 aliphatic heterocycles. The average Bonchev–Trinajstić information content (AvgIpc) is 2.67. The van der Waals surface area contributed by atoms with Crippen LogP contribution in [0.25, 0.3) is 11.1 Å². The molecule has 0 radical (unpaired) electrons. The molecular weight excluding hydrogens is 194 g/mol. The van der Waals surface area contributed by atoms with Gasteiger partial charge in [0.2, 0.25) is 0 Å². The topological polar surface area (TPSA) is 30.0 Å². The SMILES string of the molecule is CC(=O)c1sccc1-c1ccncc1. The lowest BCUT2D eigenvalue weighted by atomic mass is 10.1. The summed E-state index contributed by atoms with van der Waals surface area (Å²) in [5, 5.41) is 1.94. The van der Waals surface area contributed by atoms with Crippen LogP contribution >= 0.6 is 11.3 Å². The highest BCUT2D eigenvalue weighted by Crippen LogP contribution is 2.27. The summed E-state index contributed by atoms with van der Waals surface area (Å²) in [7, 11) is 0. The Morgan fingerprint density at radius 1 is 1.29 bits per heavy atom. The maximum atomic E-state index is 11.3. The van der Waals surface area contributed by atoms with E-state index < -0.39 is 0 Å². The molecule has 0 saturated carbocycles. The first-order chi connectivity index (χ1) is 6.79. The lowest BCUT2D eigenvalue weighted by molar-refractivity contribution is 0.102. The van der Waals surface area contributed by atoms with Crippen molar-refractivity contribution in [3.8, 4) is 11.1 Å². The van der Waals surface area contributed by atoms with Gasteiger partial charge in [-0.05, 0) is 36.1 Å². The molecule has 0 aliphatic carbocycles. The van der Waals surface area contributed by atoms with Gasteiger partial charge in [0.05, 0.1) is 4.88 Å². The number of hydrogen-bond acceptors (Lipinski definition) is 3. The van der Waals surface area contributed by atoms with Crippen LogP contribution in [0.2, 0.25) is 0 Å². The van der Waals surface area contributed by atoms with E-state index in [1.807, 2.05) is 23.6 Å². The molecule has 2 aromatic rings. The fourth-order valence-electron chi connectivity index (χ4n) is 1.34. The van der Waals surface area contributed by atoms with Crippen molar-refractivity contribution in [1.29, 1.82) is 0 Å². The Bertz CT molecular complexity index is 447. The number of carbonyl (C=O) groups is 1. The number of hydrogen-bond donors (Lipinski definition) is 0. The number of ketones is 1. The van der Waals surface area contributed by atoms with Gasteiger partial charge < -0.3 is 0 Å². The summed E-state index contributed by atoms with van der Waals surface area (Å²) >= 11 is 1.48. The summed E-state index contributed by atoms with van der Waals surface area (Å²) < 4.78 is 0. The first-order valence-corrected chi connectivity index (χ1v) is 5.16. The van der Waals surface area contributed by atoms with Gasteiger partial charge in [0.1, 0.15) is 0 Å². The second-order valence-electron chi connectivity index (χ2n) is 2.96. The molecule has 3 heteroatoms. The molecular formula is C11H9NOS. The minimum atomic E-state index is 0.117. The third kappa shape index (κ3) is 1.59. The number of nitrogens with zero attached hydrogens (tertiary/aromatic N) is 1. The van der Waals surface area contributed by atoms with Crippen molar-refractivity contribution >= 4 is 17.1 Å². The predicted molar refractivity (Wildman–Crippen MR) is 57.6 cm³/mol. The van der Waals surface area contributed by atoms with Crippen LogP contribution < -0.4 is 0 Å². The van der Waals surface area contributed by atoms with Gasteiger partial charge in [-0.1, -0.05) is 0 Å². The molecule has 70 valence electrons. The Balaban J connectivity index is 2.52. The lowest BCUT2D eigenvalue weighted by Crippen LogP contribution is -1.89. The van der Waals surface area contributed by atoms with Crippen molar-refractivity contribution in [2.24, 2.45) is 0 Å². The van der Waals surface area contributed by atoms with Crippen molar-refractivity contribution in [1.82, 2.24) is 4.98 Å². The summed E-state index contributed by atoms with van der Waals surface area (Å²) in [5.74, 6) is 0.117. The van der Waals surface area contributed by atoms with Gasteiger partial charge in [0, 0.05) is 18.0 Å². The summed E-state index contributed by atoms with van der Waals surface area (Å²) in [6.45, 7) is 1.59. The molecule has 0 fully saturated rings. The van der Waals surface area contributed by atoms with Crippen LogP contribution in [0.4, 0.5) is 0 Å². The molecule has 2 nitrogen and oxygen atoms in total. The second-order valence-corrected chi connectivity index (χ2v) is 3.87. The van der Waals surface area contributed by atoms with Crippen molar-refractivity contribution in [2.75, 3.05) is 0 Å². The minimum Gasteiger partial charge on any atom is -0.294 e. The van der Waals surface area contributed by atoms with Crippen LogP contribution in [0.5, 0.6) is 0 Å². The maximum Gasteiger partial charge on any atom is 0.170 e. The largest absolute Gasteiger partial charge is 0.294 e. The Hall–Kier alpha value is -1.48. The van der Waals surface area contributed by atoms with E-state index in [9.17, 15) is 4.79 Å². The molecule has 0 bridgehead atoms. The van der Waals surface area contributed by atoms with Crippen LogP contribution in [0.3, 0.4) is 0 Å². The zero-order chi connectivity index (χ0) is 9.97. The fraction of sp³-hybridized carbons (Fsp3) is 0.0909. The number of carbonyl (C=O) groups excluding carboxylic acids is 1. The van der Waals surface area contributed by atoms with E-state index in [1.165, 1.54) is 11.3 Å². The zero-order valence-electron chi connectivity index (χ0n) is 7.73. The number of pyridine rings is 1. The van der Waals surface area contributed by atoms with E-state index in [4.69, 9.17) is 0 Å². The molecule has 0 amide bonds. The van der Waals surface area contributed by atoms with Gasteiger partial charge in [-0.3, -0.25) is 9.78 Å². The summed E-state index contributed by atoms with van der Waals surface area (Å²) in [4.78, 5) is 16.1. The van der Waals surface area contributed by atoms with E-state index in [0.29, 0.717) is 0 Å². The third-order valence-corrected chi connectivity index (χ3v) is 2.99. The Morgan fingerprint density at radius 3 is 2.64 bits per heavy atom. The molecule has 2 heterocycles. The van der Waals surface area contributed by atoms with Gasteiger partial charge in [0.25, 0.3) is 0 Å². The van der Waals surface area contributed by atoms with Crippen molar-refractivity contribution in [3.05, 3.63) is 40.8 Å². The number of rotatable bonds is 2. The highest BCUT2D eigenvalue weighted by atomic mass is 32.1. The van der Waals surface area contributed by atoms with Crippen LogP contribution in [0.1, 0.15) is 16.6 Å². The van der Waals surface area contributed by atoms with Crippen LogP contribution in [-0.2, 0) is 0 Å². The molecule has 2 rings (SSSR count).